The monoisotopic (exact) mass is 472 g/mol. The number of hydrogen-bond acceptors (Lipinski definition) is 6. The minimum Gasteiger partial charge on any atom is -0.497 e. The van der Waals surface area contributed by atoms with Gasteiger partial charge >= 0.3 is 0 Å². The first-order chi connectivity index (χ1) is 12.2. The Bertz CT molecular complexity index is 728. The van der Waals surface area contributed by atoms with Crippen molar-refractivity contribution < 1.29 is 9.26 Å². The van der Waals surface area contributed by atoms with Crippen molar-refractivity contribution in [2.24, 2.45) is 4.99 Å². The summed E-state index contributed by atoms with van der Waals surface area (Å²) in [6.45, 7) is 5.91. The van der Waals surface area contributed by atoms with Crippen LogP contribution in [0.5, 0.6) is 5.75 Å². The van der Waals surface area contributed by atoms with Crippen LogP contribution in [0.25, 0.3) is 0 Å². The number of nitrogens with zero attached hydrogens (tertiary/aromatic N) is 5. The molecule has 0 bridgehead atoms. The van der Waals surface area contributed by atoms with Crippen LogP contribution in [0, 0.1) is 6.92 Å². The van der Waals surface area contributed by atoms with Crippen molar-refractivity contribution >= 4 is 35.6 Å². The van der Waals surface area contributed by atoms with Gasteiger partial charge in [-0.05, 0) is 12.1 Å². The topological polar surface area (TPSA) is 79.0 Å². The summed E-state index contributed by atoms with van der Waals surface area (Å²) in [6, 6.07) is 8.17. The summed E-state index contributed by atoms with van der Waals surface area (Å²) in [5.74, 6) is 2.94. The summed E-state index contributed by atoms with van der Waals surface area (Å²) in [5.41, 5.74) is 1.18. The van der Waals surface area contributed by atoms with Crippen molar-refractivity contribution in [1.82, 2.24) is 20.4 Å². The number of benzene rings is 1. The van der Waals surface area contributed by atoms with Crippen LogP contribution in [-0.4, -0.2) is 61.3 Å². The molecule has 1 aromatic carbocycles. The quantitative estimate of drug-likeness (QED) is 0.414. The molecule has 1 saturated heterocycles. The number of aromatic nitrogens is 2. The second-order valence-electron chi connectivity index (χ2n) is 5.81. The van der Waals surface area contributed by atoms with Crippen LogP contribution in [0.4, 0.5) is 5.69 Å². The van der Waals surface area contributed by atoms with Crippen LogP contribution >= 0.6 is 24.0 Å². The van der Waals surface area contributed by atoms with Gasteiger partial charge in [0, 0.05) is 51.9 Å². The summed E-state index contributed by atoms with van der Waals surface area (Å²) < 4.78 is 10.3. The van der Waals surface area contributed by atoms with Crippen molar-refractivity contribution in [3.05, 3.63) is 36.0 Å². The van der Waals surface area contributed by atoms with Crippen LogP contribution in [-0.2, 0) is 6.54 Å². The van der Waals surface area contributed by atoms with Crippen LogP contribution in [0.15, 0.2) is 33.8 Å². The number of hydrogen-bond donors (Lipinski definition) is 1. The molecule has 1 aromatic heterocycles. The minimum atomic E-state index is 0. The van der Waals surface area contributed by atoms with Gasteiger partial charge in [-0.3, -0.25) is 4.99 Å². The maximum absolute atomic E-state index is 5.31. The fraction of sp³-hybridized carbons (Fsp3) is 0.471. The van der Waals surface area contributed by atoms with Gasteiger partial charge in [0.2, 0.25) is 5.89 Å². The number of ether oxygens (including phenoxy) is 1. The molecule has 1 aliphatic heterocycles. The number of aryl methyl sites for hydroxylation is 1. The number of piperazine rings is 1. The highest BCUT2D eigenvalue weighted by Crippen LogP contribution is 2.22. The standard InChI is InChI=1S/C17H24N6O2.HI/c1-13-20-16(21-25-13)12-19-17(18-2)23-9-7-22(8-10-23)14-5-4-6-15(11-14)24-3;/h4-6,11H,7-10,12H2,1-3H3,(H,18,19);1H. The molecule has 8 nitrogen and oxygen atoms in total. The Balaban J connectivity index is 0.00000243. The molecule has 1 aliphatic rings. The number of methoxy groups -OCH3 is 1. The van der Waals surface area contributed by atoms with Gasteiger partial charge in [-0.25, -0.2) is 0 Å². The highest BCUT2D eigenvalue weighted by atomic mass is 127. The van der Waals surface area contributed by atoms with E-state index in [1.54, 1.807) is 21.1 Å². The van der Waals surface area contributed by atoms with E-state index in [2.05, 4.69) is 42.4 Å². The lowest BCUT2D eigenvalue weighted by atomic mass is 10.2. The van der Waals surface area contributed by atoms with Crippen molar-refractivity contribution in [3.8, 4) is 5.75 Å². The van der Waals surface area contributed by atoms with E-state index in [1.165, 1.54) is 5.69 Å². The lowest BCUT2D eigenvalue weighted by Gasteiger charge is -2.37. The summed E-state index contributed by atoms with van der Waals surface area (Å²) in [5, 5.41) is 7.19. The van der Waals surface area contributed by atoms with Crippen LogP contribution < -0.4 is 15.0 Å². The third-order valence-electron chi connectivity index (χ3n) is 4.18. The van der Waals surface area contributed by atoms with E-state index < -0.39 is 0 Å². The van der Waals surface area contributed by atoms with E-state index in [0.717, 1.165) is 37.9 Å². The highest BCUT2D eigenvalue weighted by molar-refractivity contribution is 14.0. The van der Waals surface area contributed by atoms with Gasteiger partial charge in [0.1, 0.15) is 5.75 Å². The third kappa shape index (κ3) is 4.99. The molecule has 0 spiro atoms. The molecule has 9 heteroatoms. The maximum atomic E-state index is 5.31. The molecule has 3 rings (SSSR count). The Hall–Kier alpha value is -2.04. The zero-order valence-corrected chi connectivity index (χ0v) is 17.6. The molecule has 26 heavy (non-hydrogen) atoms. The fourth-order valence-electron chi connectivity index (χ4n) is 2.89. The molecule has 0 atom stereocenters. The van der Waals surface area contributed by atoms with Crippen molar-refractivity contribution in [2.45, 2.75) is 13.5 Å². The lowest BCUT2D eigenvalue weighted by Crippen LogP contribution is -2.52. The third-order valence-corrected chi connectivity index (χ3v) is 4.18. The molecular weight excluding hydrogens is 447 g/mol. The van der Waals surface area contributed by atoms with E-state index in [4.69, 9.17) is 9.26 Å². The van der Waals surface area contributed by atoms with E-state index in [1.807, 2.05) is 12.1 Å². The number of rotatable bonds is 4. The Morgan fingerprint density at radius 3 is 2.69 bits per heavy atom. The summed E-state index contributed by atoms with van der Waals surface area (Å²) in [6.07, 6.45) is 0. The van der Waals surface area contributed by atoms with Gasteiger partial charge in [-0.1, -0.05) is 11.2 Å². The van der Waals surface area contributed by atoms with E-state index >= 15 is 0 Å². The van der Waals surface area contributed by atoms with E-state index in [0.29, 0.717) is 18.3 Å². The molecule has 0 aliphatic carbocycles. The molecule has 142 valence electrons. The minimum absolute atomic E-state index is 0. The first kappa shape index (κ1) is 20.3. The van der Waals surface area contributed by atoms with E-state index in [-0.39, 0.29) is 24.0 Å². The predicted molar refractivity (Wildman–Crippen MR) is 111 cm³/mol. The first-order valence-corrected chi connectivity index (χ1v) is 8.33. The van der Waals surface area contributed by atoms with Gasteiger partial charge < -0.3 is 24.4 Å². The fourth-order valence-corrected chi connectivity index (χ4v) is 2.89. The average Bonchev–Trinajstić information content (AvgIpc) is 3.08. The Morgan fingerprint density at radius 1 is 1.31 bits per heavy atom. The number of nitrogens with one attached hydrogen (secondary N) is 1. The molecule has 2 heterocycles. The first-order valence-electron chi connectivity index (χ1n) is 8.33. The van der Waals surface area contributed by atoms with Crippen molar-refractivity contribution in [1.29, 1.82) is 0 Å². The predicted octanol–water partition coefficient (Wildman–Crippen LogP) is 1.90. The SMILES string of the molecule is CN=C(NCc1noc(C)n1)N1CCN(c2cccc(OC)c2)CC1.I. The Kier molecular flexibility index (Phi) is 7.49. The number of halogens is 1. The van der Waals surface area contributed by atoms with Crippen molar-refractivity contribution in [2.75, 3.05) is 45.2 Å². The largest absolute Gasteiger partial charge is 0.497 e. The zero-order chi connectivity index (χ0) is 17.6. The Labute approximate surface area is 170 Å². The smallest absolute Gasteiger partial charge is 0.223 e. The van der Waals surface area contributed by atoms with Gasteiger partial charge in [0.05, 0.1) is 13.7 Å². The molecule has 1 fully saturated rings. The molecule has 0 unspecified atom stereocenters. The average molecular weight is 472 g/mol. The van der Waals surface area contributed by atoms with Gasteiger partial charge in [-0.2, -0.15) is 4.98 Å². The highest BCUT2D eigenvalue weighted by Gasteiger charge is 2.20. The summed E-state index contributed by atoms with van der Waals surface area (Å²) in [7, 11) is 3.48. The van der Waals surface area contributed by atoms with Gasteiger partial charge in [0.25, 0.3) is 0 Å². The lowest BCUT2D eigenvalue weighted by molar-refractivity contribution is 0.368. The molecule has 0 radical (unpaired) electrons. The summed E-state index contributed by atoms with van der Waals surface area (Å²) in [4.78, 5) is 13.2. The second kappa shape index (κ2) is 9.60. The normalized spacial score (nSPS) is 14.8. The number of anilines is 1. The van der Waals surface area contributed by atoms with Crippen molar-refractivity contribution in [3.63, 3.8) is 0 Å². The van der Waals surface area contributed by atoms with Crippen LogP contribution in [0.1, 0.15) is 11.7 Å². The zero-order valence-electron chi connectivity index (χ0n) is 15.3. The molecule has 2 aromatic rings. The van der Waals surface area contributed by atoms with Crippen LogP contribution in [0.2, 0.25) is 0 Å². The van der Waals surface area contributed by atoms with Gasteiger partial charge in [-0.15, -0.1) is 24.0 Å². The Morgan fingerprint density at radius 2 is 2.08 bits per heavy atom. The van der Waals surface area contributed by atoms with Gasteiger partial charge in [0.15, 0.2) is 11.8 Å². The van der Waals surface area contributed by atoms with Crippen LogP contribution in [0.3, 0.4) is 0 Å². The second-order valence-corrected chi connectivity index (χ2v) is 5.81. The molecule has 1 N–H and O–H groups in total. The number of guanidine groups is 1. The maximum Gasteiger partial charge on any atom is 0.223 e. The summed E-state index contributed by atoms with van der Waals surface area (Å²) >= 11 is 0. The number of aliphatic imine (C=N–C) groups is 1. The molecule has 0 amide bonds. The molecule has 0 saturated carbocycles. The molecular formula is C17H25IN6O2. The van der Waals surface area contributed by atoms with E-state index in [9.17, 15) is 0 Å².